The van der Waals surface area contributed by atoms with Crippen LogP contribution in [0.3, 0.4) is 0 Å². The fourth-order valence-corrected chi connectivity index (χ4v) is 9.89. The maximum absolute atomic E-state index is 13.4. The Labute approximate surface area is 261 Å². The van der Waals surface area contributed by atoms with Crippen molar-refractivity contribution in [3.63, 3.8) is 0 Å². The molecular formula is C32H44O13. The summed E-state index contributed by atoms with van der Waals surface area (Å²) in [5.41, 5.74) is -0.497. The molecule has 2 saturated carbocycles. The maximum atomic E-state index is 13.4. The fraction of sp³-hybridized carbons (Fsp3) is 0.844. The van der Waals surface area contributed by atoms with Crippen molar-refractivity contribution in [1.29, 1.82) is 0 Å². The standard InChI is InChI=1S/C32H44O13/c1-14(2)31-10-17(31)25-32(45-25)29(3)9-8-15-16(11-41-26(15)38)18(29)12-42-30(32,4)28(31)44-21(34)7-6-20(33)40-13-19-22(35)23(36)24(37)27(39-5)43-19/h14,17-19,22-25,27-28,35-37H,6-13H2,1-5H3/t17-,18-,19?,22?,23?,24?,25-,27?,28-,29-,30+,31+,32+/m0/s1. The first kappa shape index (κ1) is 31.5. The molecule has 0 amide bonds. The van der Waals surface area contributed by atoms with E-state index in [1.54, 1.807) is 0 Å². The molecule has 0 aromatic rings. The van der Waals surface area contributed by atoms with Gasteiger partial charge in [0.15, 0.2) is 6.29 Å². The quantitative estimate of drug-likeness (QED) is 0.191. The highest BCUT2D eigenvalue weighted by Crippen LogP contribution is 2.82. The van der Waals surface area contributed by atoms with Gasteiger partial charge in [-0.25, -0.2) is 4.79 Å². The van der Waals surface area contributed by atoms with Crippen molar-refractivity contribution in [2.45, 2.75) is 114 Å². The minimum atomic E-state index is -1.54. The zero-order valence-electron chi connectivity index (χ0n) is 26.4. The van der Waals surface area contributed by atoms with Crippen LogP contribution in [0.25, 0.3) is 0 Å². The largest absolute Gasteiger partial charge is 0.463 e. The summed E-state index contributed by atoms with van der Waals surface area (Å²) in [6.45, 7) is 8.75. The van der Waals surface area contributed by atoms with E-state index in [1.165, 1.54) is 7.11 Å². The van der Waals surface area contributed by atoms with Gasteiger partial charge in [-0.3, -0.25) is 9.59 Å². The van der Waals surface area contributed by atoms with Crippen LogP contribution in [-0.2, 0) is 47.5 Å². The third-order valence-corrected chi connectivity index (χ3v) is 12.5. The van der Waals surface area contributed by atoms with Crippen LogP contribution in [-0.4, -0.2) is 114 Å². The van der Waals surface area contributed by atoms with Crippen molar-refractivity contribution >= 4 is 17.9 Å². The van der Waals surface area contributed by atoms with Gasteiger partial charge in [0, 0.05) is 29.4 Å². The van der Waals surface area contributed by atoms with Crippen LogP contribution < -0.4 is 0 Å². The molecule has 0 bridgehead atoms. The van der Waals surface area contributed by atoms with Gasteiger partial charge in [0.2, 0.25) is 0 Å². The monoisotopic (exact) mass is 636 g/mol. The number of aliphatic hydroxyl groups is 3. The Hall–Kier alpha value is -2.13. The van der Waals surface area contributed by atoms with E-state index in [1.807, 2.05) is 6.92 Å². The summed E-state index contributed by atoms with van der Waals surface area (Å²) in [6, 6.07) is 0. The van der Waals surface area contributed by atoms with Crippen molar-refractivity contribution in [1.82, 2.24) is 0 Å². The van der Waals surface area contributed by atoms with E-state index in [-0.39, 0.29) is 60.1 Å². The third kappa shape index (κ3) is 4.14. The number of epoxide rings is 1. The van der Waals surface area contributed by atoms with Crippen molar-refractivity contribution in [2.24, 2.45) is 28.6 Å². The van der Waals surface area contributed by atoms with Crippen LogP contribution in [0.4, 0.5) is 0 Å². The number of cyclic esters (lactones) is 1. The molecule has 7 aliphatic rings. The van der Waals surface area contributed by atoms with Gasteiger partial charge in [-0.05, 0) is 43.6 Å². The normalized spacial score (nSPS) is 49.2. The molecule has 13 heteroatoms. The minimum absolute atomic E-state index is 0.0301. The molecule has 5 fully saturated rings. The molecule has 13 atom stereocenters. The second-order valence-electron chi connectivity index (χ2n) is 14.6. The number of methoxy groups -OCH3 is 1. The van der Waals surface area contributed by atoms with Crippen LogP contribution in [0.1, 0.15) is 59.8 Å². The van der Waals surface area contributed by atoms with Gasteiger partial charge in [-0.2, -0.15) is 0 Å². The third-order valence-electron chi connectivity index (χ3n) is 12.5. The molecule has 4 heterocycles. The second-order valence-corrected chi connectivity index (χ2v) is 14.6. The first-order valence-corrected chi connectivity index (χ1v) is 16.0. The summed E-state index contributed by atoms with van der Waals surface area (Å²) >= 11 is 0. The van der Waals surface area contributed by atoms with Crippen LogP contribution in [0.5, 0.6) is 0 Å². The van der Waals surface area contributed by atoms with Gasteiger partial charge in [0.05, 0.1) is 25.6 Å². The molecule has 0 aromatic carbocycles. The Morgan fingerprint density at radius 3 is 2.51 bits per heavy atom. The summed E-state index contributed by atoms with van der Waals surface area (Å²) in [5.74, 6) is -1.13. The Morgan fingerprint density at radius 1 is 1.07 bits per heavy atom. The Balaban J connectivity index is 1.04. The van der Waals surface area contributed by atoms with E-state index < -0.39 is 66.6 Å². The van der Waals surface area contributed by atoms with Gasteiger partial charge >= 0.3 is 17.9 Å². The summed E-state index contributed by atoms with van der Waals surface area (Å²) in [4.78, 5) is 38.4. The SMILES string of the molecule is COC1OC(COC(=O)CCC(=O)O[C@@H]2[C@@]3(C(C)C)C[C@H]3[C@@H]3O[C@@]34[C@@]3(C)CCC5=C(COC5=O)[C@@H]3CO[C@]24C)C(O)C(O)C1O. The highest BCUT2D eigenvalue weighted by Gasteiger charge is 2.93. The first-order valence-electron chi connectivity index (χ1n) is 16.0. The molecule has 0 radical (unpaired) electrons. The van der Waals surface area contributed by atoms with Crippen molar-refractivity contribution in [3.8, 4) is 0 Å². The topological polar surface area (TPSA) is 180 Å². The number of aliphatic hydroxyl groups excluding tert-OH is 3. The smallest absolute Gasteiger partial charge is 0.334 e. The molecule has 7 rings (SSSR count). The van der Waals surface area contributed by atoms with Crippen LogP contribution in [0, 0.1) is 28.6 Å². The fourth-order valence-electron chi connectivity index (χ4n) is 9.89. The van der Waals surface area contributed by atoms with E-state index in [2.05, 4.69) is 20.8 Å². The first-order chi connectivity index (χ1) is 21.3. The van der Waals surface area contributed by atoms with Gasteiger partial charge in [-0.15, -0.1) is 0 Å². The van der Waals surface area contributed by atoms with Crippen LogP contribution in [0.15, 0.2) is 11.1 Å². The average molecular weight is 637 g/mol. The Kier molecular flexibility index (Phi) is 7.30. The molecular weight excluding hydrogens is 592 g/mol. The highest BCUT2D eigenvalue weighted by atomic mass is 16.7. The predicted molar refractivity (Wildman–Crippen MR) is 150 cm³/mol. The van der Waals surface area contributed by atoms with Gasteiger partial charge < -0.3 is 48.5 Å². The molecule has 3 aliphatic carbocycles. The minimum Gasteiger partial charge on any atom is -0.463 e. The van der Waals surface area contributed by atoms with Crippen molar-refractivity contribution < 1.29 is 62.9 Å². The van der Waals surface area contributed by atoms with Gasteiger partial charge in [0.25, 0.3) is 0 Å². The van der Waals surface area contributed by atoms with E-state index in [0.717, 1.165) is 24.0 Å². The van der Waals surface area contributed by atoms with Crippen molar-refractivity contribution in [2.75, 3.05) is 26.9 Å². The number of carbonyl (C=O) groups is 3. The summed E-state index contributed by atoms with van der Waals surface area (Å²) in [7, 11) is 1.27. The van der Waals surface area contributed by atoms with E-state index in [9.17, 15) is 29.7 Å². The summed E-state index contributed by atoms with van der Waals surface area (Å²) in [5, 5.41) is 30.2. The number of rotatable bonds is 8. The average Bonchev–Trinajstić information content (AvgIpc) is 3.90. The van der Waals surface area contributed by atoms with Gasteiger partial charge in [-0.1, -0.05) is 20.8 Å². The zero-order valence-corrected chi connectivity index (χ0v) is 26.4. The molecule has 0 aromatic heterocycles. The Morgan fingerprint density at radius 2 is 1.80 bits per heavy atom. The van der Waals surface area contributed by atoms with Crippen molar-refractivity contribution in [3.05, 3.63) is 11.1 Å². The number of ether oxygens (including phenoxy) is 7. The van der Waals surface area contributed by atoms with Crippen LogP contribution >= 0.6 is 0 Å². The maximum Gasteiger partial charge on any atom is 0.334 e. The molecule has 45 heavy (non-hydrogen) atoms. The Bertz CT molecular complexity index is 1310. The van der Waals surface area contributed by atoms with E-state index in [0.29, 0.717) is 13.0 Å². The summed E-state index contributed by atoms with van der Waals surface area (Å²) < 4.78 is 40.9. The lowest BCUT2D eigenvalue weighted by atomic mass is 9.49. The number of fused-ring (bicyclic) bond motifs is 4. The molecule has 4 aliphatic heterocycles. The van der Waals surface area contributed by atoms with Crippen LogP contribution in [0.2, 0.25) is 0 Å². The predicted octanol–water partition coefficient (Wildman–Crippen LogP) is 0.548. The number of hydrogen-bond donors (Lipinski definition) is 3. The van der Waals surface area contributed by atoms with E-state index >= 15 is 0 Å². The lowest BCUT2D eigenvalue weighted by Gasteiger charge is -2.61. The lowest BCUT2D eigenvalue weighted by Crippen LogP contribution is -2.73. The second kappa shape index (κ2) is 10.4. The number of carbonyl (C=O) groups excluding carboxylic acids is 3. The molecule has 3 saturated heterocycles. The van der Waals surface area contributed by atoms with Gasteiger partial charge in [0.1, 0.15) is 54.9 Å². The number of hydrogen-bond acceptors (Lipinski definition) is 13. The molecule has 13 nitrogen and oxygen atoms in total. The summed E-state index contributed by atoms with van der Waals surface area (Å²) in [6.07, 6.45) is -5.73. The molecule has 5 unspecified atom stereocenters. The number of esters is 3. The highest BCUT2D eigenvalue weighted by molar-refractivity contribution is 5.92. The molecule has 1 spiro atoms. The lowest BCUT2D eigenvalue weighted by molar-refractivity contribution is -0.295. The molecule has 250 valence electrons. The molecule has 3 N–H and O–H groups in total. The zero-order chi connectivity index (χ0) is 32.3. The van der Waals surface area contributed by atoms with E-state index in [4.69, 9.17) is 33.2 Å².